The van der Waals surface area contributed by atoms with Crippen molar-refractivity contribution in [1.29, 1.82) is 0 Å². The smallest absolute Gasteiger partial charge is 0.338 e. The van der Waals surface area contributed by atoms with Crippen LogP contribution in [0, 0.1) is 5.82 Å². The summed E-state index contributed by atoms with van der Waals surface area (Å²) in [6.07, 6.45) is 0. The molecule has 1 aliphatic heterocycles. The number of ether oxygens (including phenoxy) is 1. The zero-order valence-corrected chi connectivity index (χ0v) is 15.5. The molecule has 1 aromatic heterocycles. The molecule has 1 aliphatic rings. The van der Waals surface area contributed by atoms with E-state index < -0.39 is 23.9 Å². The fourth-order valence-electron chi connectivity index (χ4n) is 2.90. The molecule has 26 heavy (non-hydrogen) atoms. The summed E-state index contributed by atoms with van der Waals surface area (Å²) < 4.78 is 20.0. The topological polar surface area (TPSA) is 58.6 Å². The summed E-state index contributed by atoms with van der Waals surface area (Å²) in [6.45, 7) is 3.54. The number of nitrogens with one attached hydrogen (secondary N) is 1. The first-order valence-electron chi connectivity index (χ1n) is 8.19. The van der Waals surface area contributed by atoms with E-state index in [2.05, 4.69) is 5.32 Å². The van der Waals surface area contributed by atoms with Gasteiger partial charge < -0.3 is 15.0 Å². The fraction of sp³-hybridized carbons (Fsp3) is 0.263. The monoisotopic (exact) mass is 374 g/mol. The molecule has 1 N–H and O–H groups in total. The molecule has 3 rings (SSSR count). The van der Waals surface area contributed by atoms with Gasteiger partial charge >= 0.3 is 12.0 Å². The molecule has 2 aromatic rings. The van der Waals surface area contributed by atoms with E-state index >= 15 is 0 Å². The summed E-state index contributed by atoms with van der Waals surface area (Å²) in [5, 5.41) is 4.61. The molecule has 0 spiro atoms. The van der Waals surface area contributed by atoms with E-state index in [0.29, 0.717) is 5.70 Å². The minimum atomic E-state index is -0.893. The van der Waals surface area contributed by atoms with Gasteiger partial charge in [-0.15, -0.1) is 11.3 Å². The largest absolute Gasteiger partial charge is 0.463 e. The van der Waals surface area contributed by atoms with Crippen molar-refractivity contribution < 1.29 is 18.7 Å². The van der Waals surface area contributed by atoms with Crippen LogP contribution in [0.3, 0.4) is 0 Å². The Morgan fingerprint density at radius 3 is 2.77 bits per heavy atom. The van der Waals surface area contributed by atoms with Gasteiger partial charge in [-0.3, -0.25) is 0 Å². The number of carbonyl (C=O) groups is 2. The van der Waals surface area contributed by atoms with Gasteiger partial charge in [0.1, 0.15) is 5.82 Å². The van der Waals surface area contributed by atoms with Crippen LogP contribution in [0.5, 0.6) is 0 Å². The van der Waals surface area contributed by atoms with E-state index in [0.717, 1.165) is 10.4 Å². The van der Waals surface area contributed by atoms with E-state index in [-0.39, 0.29) is 17.7 Å². The lowest BCUT2D eigenvalue weighted by Crippen LogP contribution is -2.46. The van der Waals surface area contributed by atoms with Gasteiger partial charge in [-0.25, -0.2) is 14.0 Å². The lowest BCUT2D eigenvalue weighted by Gasteiger charge is -2.33. The molecule has 136 valence electrons. The molecule has 7 heteroatoms. The summed E-state index contributed by atoms with van der Waals surface area (Å²) >= 11 is 1.51. The highest BCUT2D eigenvalue weighted by molar-refractivity contribution is 7.13. The van der Waals surface area contributed by atoms with Crippen LogP contribution in [0.2, 0.25) is 0 Å². The second-order valence-electron chi connectivity index (χ2n) is 5.87. The van der Waals surface area contributed by atoms with Gasteiger partial charge in [0.15, 0.2) is 0 Å². The zero-order chi connectivity index (χ0) is 18.8. The molecule has 0 unspecified atom stereocenters. The SMILES string of the molecule is CCOC(=O)C1=C(C)N(C)C(=O)N[C@H]1c1ccc(-c2cccs2)cc1F. The van der Waals surface area contributed by atoms with Crippen LogP contribution in [0.1, 0.15) is 25.5 Å². The molecule has 1 atom stereocenters. The first kappa shape index (κ1) is 18.1. The molecule has 0 fully saturated rings. The van der Waals surface area contributed by atoms with Crippen LogP contribution in [-0.4, -0.2) is 30.6 Å². The summed E-state index contributed by atoms with van der Waals surface area (Å²) in [6, 6.07) is 7.32. The van der Waals surface area contributed by atoms with E-state index in [1.165, 1.54) is 22.3 Å². The second kappa shape index (κ2) is 7.29. The number of thiophene rings is 1. The number of rotatable bonds is 4. The maximum absolute atomic E-state index is 14.9. The number of hydrogen-bond donors (Lipinski definition) is 1. The van der Waals surface area contributed by atoms with Crippen LogP contribution in [-0.2, 0) is 9.53 Å². The third-order valence-electron chi connectivity index (χ3n) is 4.37. The molecular weight excluding hydrogens is 355 g/mol. The zero-order valence-electron chi connectivity index (χ0n) is 14.7. The number of allylic oxidation sites excluding steroid dienone is 1. The third kappa shape index (κ3) is 3.22. The Morgan fingerprint density at radius 2 is 2.15 bits per heavy atom. The number of urea groups is 1. The Bertz CT molecular complexity index is 877. The maximum Gasteiger partial charge on any atom is 0.338 e. The van der Waals surface area contributed by atoms with Crippen LogP contribution < -0.4 is 5.32 Å². The van der Waals surface area contributed by atoms with Crippen molar-refractivity contribution >= 4 is 23.3 Å². The first-order chi connectivity index (χ1) is 12.4. The summed E-state index contributed by atoms with van der Waals surface area (Å²) in [7, 11) is 1.55. The number of amides is 2. The van der Waals surface area contributed by atoms with E-state index in [1.54, 1.807) is 33.0 Å². The molecule has 0 bridgehead atoms. The van der Waals surface area contributed by atoms with Crippen molar-refractivity contribution in [2.75, 3.05) is 13.7 Å². The number of halogens is 1. The normalized spacial score (nSPS) is 17.3. The molecule has 0 radical (unpaired) electrons. The maximum atomic E-state index is 14.9. The fourth-order valence-corrected chi connectivity index (χ4v) is 3.62. The minimum Gasteiger partial charge on any atom is -0.463 e. The van der Waals surface area contributed by atoms with Crippen LogP contribution >= 0.6 is 11.3 Å². The van der Waals surface area contributed by atoms with Crippen LogP contribution in [0.15, 0.2) is 47.0 Å². The van der Waals surface area contributed by atoms with E-state index in [1.807, 2.05) is 17.5 Å². The van der Waals surface area contributed by atoms with Gasteiger partial charge in [0.05, 0.1) is 18.2 Å². The Kier molecular flexibility index (Phi) is 5.08. The van der Waals surface area contributed by atoms with E-state index in [4.69, 9.17) is 4.74 Å². The minimum absolute atomic E-state index is 0.194. The van der Waals surface area contributed by atoms with Gasteiger partial charge in [-0.1, -0.05) is 18.2 Å². The molecule has 2 heterocycles. The summed E-state index contributed by atoms with van der Waals surface area (Å²) in [5.41, 5.74) is 1.66. The van der Waals surface area contributed by atoms with Crippen LogP contribution in [0.4, 0.5) is 9.18 Å². The standard InChI is InChI=1S/C19H19FN2O3S/c1-4-25-18(23)16-11(2)22(3)19(24)21-17(16)13-8-7-12(10-14(13)20)15-6-5-9-26-15/h5-10,17H,4H2,1-3H3,(H,21,24)/t17-/m0/s1. The van der Waals surface area contributed by atoms with Crippen molar-refractivity contribution in [3.63, 3.8) is 0 Å². The number of benzene rings is 1. The summed E-state index contributed by atoms with van der Waals surface area (Å²) in [5.74, 6) is -1.05. The quantitative estimate of drug-likeness (QED) is 0.820. The molecule has 0 saturated heterocycles. The van der Waals surface area contributed by atoms with Gasteiger partial charge in [-0.2, -0.15) is 0 Å². The molecule has 1 aromatic carbocycles. The van der Waals surface area contributed by atoms with Gasteiger partial charge in [-0.05, 0) is 36.9 Å². The van der Waals surface area contributed by atoms with Gasteiger partial charge in [0.25, 0.3) is 0 Å². The molecule has 0 saturated carbocycles. The third-order valence-corrected chi connectivity index (χ3v) is 5.29. The van der Waals surface area contributed by atoms with Crippen molar-refractivity contribution in [3.8, 4) is 10.4 Å². The average molecular weight is 374 g/mol. The number of nitrogens with zero attached hydrogens (tertiary/aromatic N) is 1. The molecule has 0 aliphatic carbocycles. The highest BCUT2D eigenvalue weighted by Gasteiger charge is 2.36. The highest BCUT2D eigenvalue weighted by Crippen LogP contribution is 2.34. The molecular formula is C19H19FN2O3S. The van der Waals surface area contributed by atoms with Crippen molar-refractivity contribution in [1.82, 2.24) is 10.2 Å². The molecule has 2 amide bonds. The Balaban J connectivity index is 2.05. The van der Waals surface area contributed by atoms with Gasteiger partial charge in [0, 0.05) is 23.2 Å². The average Bonchev–Trinajstić information content (AvgIpc) is 3.14. The van der Waals surface area contributed by atoms with E-state index in [9.17, 15) is 14.0 Å². The number of carbonyl (C=O) groups excluding carboxylic acids is 2. The van der Waals surface area contributed by atoms with Crippen molar-refractivity contribution in [2.45, 2.75) is 19.9 Å². The van der Waals surface area contributed by atoms with Crippen LogP contribution in [0.25, 0.3) is 10.4 Å². The highest BCUT2D eigenvalue weighted by atomic mass is 32.1. The predicted octanol–water partition coefficient (Wildman–Crippen LogP) is 4.09. The van der Waals surface area contributed by atoms with Crippen molar-refractivity contribution in [2.24, 2.45) is 0 Å². The molecule has 5 nitrogen and oxygen atoms in total. The van der Waals surface area contributed by atoms with Gasteiger partial charge in [0.2, 0.25) is 0 Å². The number of esters is 1. The lowest BCUT2D eigenvalue weighted by atomic mass is 9.93. The Labute approximate surface area is 155 Å². The number of hydrogen-bond acceptors (Lipinski definition) is 4. The lowest BCUT2D eigenvalue weighted by molar-refractivity contribution is -0.139. The Hall–Kier alpha value is -2.67. The summed E-state index contributed by atoms with van der Waals surface area (Å²) in [4.78, 5) is 26.9. The predicted molar refractivity (Wildman–Crippen MR) is 98.1 cm³/mol. The first-order valence-corrected chi connectivity index (χ1v) is 9.07. The second-order valence-corrected chi connectivity index (χ2v) is 6.82. The Morgan fingerprint density at radius 1 is 1.38 bits per heavy atom. The van der Waals surface area contributed by atoms with Crippen molar-refractivity contribution in [3.05, 3.63) is 58.4 Å².